The summed E-state index contributed by atoms with van der Waals surface area (Å²) in [5.74, 6) is 2.55. The Morgan fingerprint density at radius 1 is 1.45 bits per heavy atom. The third-order valence-corrected chi connectivity index (χ3v) is 0.734. The van der Waals surface area contributed by atoms with Crippen molar-refractivity contribution < 1.29 is 51.9 Å². The zero-order valence-corrected chi connectivity index (χ0v) is 10.0. The van der Waals surface area contributed by atoms with Gasteiger partial charge in [-0.25, -0.2) is 0 Å². The normalized spacial score (nSPS) is 5.18. The van der Waals surface area contributed by atoms with Crippen LogP contribution in [0.3, 0.4) is 0 Å². The Balaban J connectivity index is -0.000000140. The third-order valence-electron chi connectivity index (χ3n) is 0.734. The van der Waals surface area contributed by atoms with Crippen molar-refractivity contribution in [3.8, 4) is 12.0 Å². The Labute approximate surface area is 89.8 Å². The van der Waals surface area contributed by atoms with E-state index in [0.29, 0.717) is 0 Å². The Morgan fingerprint density at radius 2 is 1.91 bits per heavy atom. The summed E-state index contributed by atoms with van der Waals surface area (Å²) < 4.78 is 17.0. The maximum Gasteiger partial charge on any atom is 0 e. The molecular formula is C6H10O3PtTi. The maximum absolute atomic E-state index is 8.50. The largest absolute Gasteiger partial charge is 0 e. The summed E-state index contributed by atoms with van der Waals surface area (Å²) in [5.41, 5.74) is 0. The van der Waals surface area contributed by atoms with Gasteiger partial charge in [0, 0.05) is 27.5 Å². The minimum atomic E-state index is -2.00. The van der Waals surface area contributed by atoms with E-state index in [9.17, 15) is 0 Å². The Morgan fingerprint density at radius 3 is 2.18 bits per heavy atom. The molecule has 0 amide bonds. The van der Waals surface area contributed by atoms with Crippen molar-refractivity contribution in [3.63, 3.8) is 0 Å². The van der Waals surface area contributed by atoms with Gasteiger partial charge in [0.2, 0.25) is 0 Å². The average molecular weight is 373 g/mol. The number of unbranched alkanes of at least 4 members (excludes halogenated alkanes) is 2. The molecule has 0 atom stereocenters. The van der Waals surface area contributed by atoms with Gasteiger partial charge in [-0.15, -0.1) is 0 Å². The molecule has 0 radical (unpaired) electrons. The number of aliphatic hydroxyl groups is 1. The fraction of sp³-hybridized carbons (Fsp3) is 0.667. The molecule has 5 heteroatoms. The molecule has 0 bridgehead atoms. The monoisotopic (exact) mass is 373 g/mol. The summed E-state index contributed by atoms with van der Waals surface area (Å²) in [5, 5.41) is 7.93. The molecule has 11 heavy (non-hydrogen) atoms. The second-order valence-corrected chi connectivity index (χ2v) is 1.74. The second-order valence-electron chi connectivity index (χ2n) is 1.48. The molecule has 0 aliphatic rings. The van der Waals surface area contributed by atoms with Crippen LogP contribution in [0.5, 0.6) is 0 Å². The van der Waals surface area contributed by atoms with E-state index in [1.54, 1.807) is 0 Å². The van der Waals surface area contributed by atoms with Gasteiger partial charge < -0.3 is 5.11 Å². The predicted octanol–water partition coefficient (Wildman–Crippen LogP) is 1.27. The fourth-order valence-corrected chi connectivity index (χ4v) is 0.321. The van der Waals surface area contributed by atoms with E-state index in [-0.39, 0.29) is 21.1 Å². The molecule has 0 aromatic rings. The summed E-state index contributed by atoms with van der Waals surface area (Å²) in [6.45, 7) is 2.10. The van der Waals surface area contributed by atoms with Gasteiger partial charge in [-0.1, -0.05) is 19.3 Å². The van der Waals surface area contributed by atoms with Crippen molar-refractivity contribution in [1.82, 2.24) is 0 Å². The molecule has 0 heterocycles. The molecule has 0 saturated heterocycles. The molecule has 0 fully saturated rings. The first kappa shape index (κ1) is 17.4. The van der Waals surface area contributed by atoms with Crippen LogP contribution in [-0.2, 0) is 46.8 Å². The van der Waals surface area contributed by atoms with Gasteiger partial charge in [0.05, 0.1) is 0 Å². The van der Waals surface area contributed by atoms with Crippen molar-refractivity contribution in [3.05, 3.63) is 0 Å². The number of rotatable bonds is 2. The molecular weight excluding hydrogens is 363 g/mol. The summed E-state index contributed by atoms with van der Waals surface area (Å²) in [6.07, 6.45) is 4.92. The summed E-state index contributed by atoms with van der Waals surface area (Å²) in [4.78, 5) is 0. The quantitative estimate of drug-likeness (QED) is 0.451. The van der Waals surface area contributed by atoms with E-state index < -0.39 is 19.1 Å². The van der Waals surface area contributed by atoms with Gasteiger partial charge in [0.25, 0.3) is 0 Å². The molecule has 66 valence electrons. The minimum Gasteiger partial charge on any atom is 0 e. The molecule has 3 nitrogen and oxygen atoms in total. The number of aliphatic hydroxyl groups excluding tert-OH is 1. The van der Waals surface area contributed by atoms with Crippen LogP contribution in [-0.4, -0.2) is 5.11 Å². The summed E-state index contributed by atoms with van der Waals surface area (Å²) in [7, 11) is 0. The van der Waals surface area contributed by atoms with E-state index >= 15 is 0 Å². The molecule has 0 aliphatic carbocycles. The zero-order chi connectivity index (χ0) is 8.24. The van der Waals surface area contributed by atoms with E-state index in [0.717, 1.165) is 19.3 Å². The van der Waals surface area contributed by atoms with Gasteiger partial charge in [0.1, 0.15) is 6.11 Å². The van der Waals surface area contributed by atoms with E-state index in [1.807, 2.05) is 6.11 Å². The molecule has 0 saturated carbocycles. The van der Waals surface area contributed by atoms with E-state index in [2.05, 4.69) is 12.8 Å². The summed E-state index contributed by atoms with van der Waals surface area (Å²) in [6, 6.07) is 0. The average Bonchev–Trinajstić information content (AvgIpc) is 1.91. The molecule has 0 spiro atoms. The SMILES string of the molecule is CCCCC#CO.[O]=[Ti]=[O].[Pt]. The smallest absolute Gasteiger partial charge is 0 e. The molecule has 0 aliphatic heterocycles. The van der Waals surface area contributed by atoms with Crippen molar-refractivity contribution in [1.29, 1.82) is 0 Å². The first-order chi connectivity index (χ1) is 4.83. The van der Waals surface area contributed by atoms with Crippen LogP contribution >= 0.6 is 0 Å². The Bertz CT molecular complexity index is 144. The van der Waals surface area contributed by atoms with Crippen molar-refractivity contribution in [2.75, 3.05) is 0 Å². The second kappa shape index (κ2) is 22.4. The topological polar surface area (TPSA) is 54.4 Å². The van der Waals surface area contributed by atoms with Crippen molar-refractivity contribution in [2.45, 2.75) is 26.2 Å². The van der Waals surface area contributed by atoms with Crippen LogP contribution in [0.15, 0.2) is 0 Å². The first-order valence-corrected chi connectivity index (χ1v) is 4.22. The fourth-order valence-electron chi connectivity index (χ4n) is 0.321. The molecule has 0 unspecified atom stereocenters. The number of hydrogen-bond acceptors (Lipinski definition) is 3. The van der Waals surface area contributed by atoms with Crippen LogP contribution in [0.25, 0.3) is 0 Å². The van der Waals surface area contributed by atoms with Crippen molar-refractivity contribution in [2.24, 2.45) is 0 Å². The van der Waals surface area contributed by atoms with Gasteiger partial charge in [-0.2, -0.15) is 0 Å². The zero-order valence-electron chi connectivity index (χ0n) is 6.20. The van der Waals surface area contributed by atoms with Crippen molar-refractivity contribution >= 4 is 0 Å². The standard InChI is InChI=1S/C6H10O.2O.Pt.Ti/c1-2-3-4-5-6-7;;;;/h7H,2-4H2,1H3;;;;. The van der Waals surface area contributed by atoms with E-state index in [4.69, 9.17) is 11.8 Å². The molecule has 0 aromatic carbocycles. The molecule has 0 aromatic heterocycles. The van der Waals surface area contributed by atoms with Crippen LogP contribution in [0.1, 0.15) is 26.2 Å². The van der Waals surface area contributed by atoms with Gasteiger partial charge in [0.15, 0.2) is 0 Å². The van der Waals surface area contributed by atoms with Gasteiger partial charge in [-0.3, -0.25) is 0 Å². The minimum absolute atomic E-state index is 0. The predicted molar refractivity (Wildman–Crippen MR) is 30.6 cm³/mol. The summed E-state index contributed by atoms with van der Waals surface area (Å²) >= 11 is -2.00. The van der Waals surface area contributed by atoms with Crippen LogP contribution in [0.4, 0.5) is 0 Å². The van der Waals surface area contributed by atoms with Crippen LogP contribution in [0, 0.1) is 12.0 Å². The van der Waals surface area contributed by atoms with Crippen LogP contribution < -0.4 is 0 Å². The third kappa shape index (κ3) is 38.1. The first-order valence-electron chi connectivity index (χ1n) is 2.94. The van der Waals surface area contributed by atoms with Gasteiger partial charge >= 0.3 is 25.7 Å². The maximum atomic E-state index is 8.50. The molecule has 1 N–H and O–H groups in total. The van der Waals surface area contributed by atoms with E-state index in [1.165, 1.54) is 0 Å². The number of hydrogen-bond donors (Lipinski definition) is 1. The van der Waals surface area contributed by atoms with Gasteiger partial charge in [-0.05, 0) is 6.42 Å². The Hall–Kier alpha value is 0.363. The molecule has 0 rings (SSSR count). The van der Waals surface area contributed by atoms with Crippen LogP contribution in [0.2, 0.25) is 0 Å². The Kier molecular flexibility index (Phi) is 35.6.